The van der Waals surface area contributed by atoms with Gasteiger partial charge in [-0.05, 0) is 24.1 Å². The second kappa shape index (κ2) is 10.7. The predicted molar refractivity (Wildman–Crippen MR) is 85.9 cm³/mol. The molecule has 0 bridgehead atoms. The Morgan fingerprint density at radius 1 is 1.09 bits per heavy atom. The van der Waals surface area contributed by atoms with E-state index in [-0.39, 0.29) is 0 Å². The molecule has 4 nitrogen and oxygen atoms in total. The summed E-state index contributed by atoms with van der Waals surface area (Å²) in [7, 11) is 0. The van der Waals surface area contributed by atoms with Gasteiger partial charge in [0, 0.05) is 6.07 Å². The van der Waals surface area contributed by atoms with E-state index in [4.69, 9.17) is 9.47 Å². The average molecular weight is 305 g/mol. The highest BCUT2D eigenvalue weighted by molar-refractivity contribution is 5.66. The zero-order valence-corrected chi connectivity index (χ0v) is 13.3. The summed E-state index contributed by atoms with van der Waals surface area (Å²) in [5.74, 6) is -0.141. The zero-order chi connectivity index (χ0) is 16.2. The molecule has 0 fully saturated rings. The molecule has 0 aromatic heterocycles. The van der Waals surface area contributed by atoms with Gasteiger partial charge in [-0.3, -0.25) is 0 Å². The number of unbranched alkanes of at least 4 members (excludes halogenated alkanes) is 5. The van der Waals surface area contributed by atoms with Gasteiger partial charge >= 0.3 is 0 Å². The van der Waals surface area contributed by atoms with E-state index in [2.05, 4.69) is 13.5 Å². The van der Waals surface area contributed by atoms with E-state index in [1.165, 1.54) is 25.7 Å². The van der Waals surface area contributed by atoms with Gasteiger partial charge in [0.25, 0.3) is 0 Å². The molecule has 1 rings (SSSR count). The van der Waals surface area contributed by atoms with Gasteiger partial charge in [-0.25, -0.2) is 0 Å². The number of carbonyl (C=O) groups is 1. The molecule has 0 unspecified atom stereocenters. The number of carboxylic acids is 1. The molecular formula is C18H25O4-. The molecule has 122 valence electrons. The molecule has 0 aliphatic heterocycles. The number of aliphatic carboxylic acids is 1. The lowest BCUT2D eigenvalue weighted by molar-refractivity contribution is -0.307. The van der Waals surface area contributed by atoms with Crippen molar-refractivity contribution in [1.82, 2.24) is 0 Å². The van der Waals surface area contributed by atoms with Gasteiger partial charge in [-0.2, -0.15) is 0 Å². The minimum absolute atomic E-state index is 0.444. The average Bonchev–Trinajstić information content (AvgIpc) is 2.52. The highest BCUT2D eigenvalue weighted by atomic mass is 16.5. The van der Waals surface area contributed by atoms with Crippen LogP contribution in [0.4, 0.5) is 0 Å². The molecule has 1 aromatic carbocycles. The van der Waals surface area contributed by atoms with E-state index >= 15 is 0 Å². The maximum Gasteiger partial charge on any atom is 0.128 e. The third-order valence-corrected chi connectivity index (χ3v) is 3.26. The molecule has 4 heteroatoms. The lowest BCUT2D eigenvalue weighted by Crippen LogP contribution is -2.28. The monoisotopic (exact) mass is 305 g/mol. The van der Waals surface area contributed by atoms with Crippen molar-refractivity contribution in [3.05, 3.63) is 30.3 Å². The summed E-state index contributed by atoms with van der Waals surface area (Å²) in [5.41, 5.74) is 0.828. The van der Waals surface area contributed by atoms with Gasteiger partial charge in [-0.1, -0.05) is 51.7 Å². The number of rotatable bonds is 12. The maximum atomic E-state index is 10.4. The molecule has 0 aliphatic rings. The van der Waals surface area contributed by atoms with Crippen molar-refractivity contribution >= 4 is 12.0 Å². The number of carbonyl (C=O) groups excluding carboxylic acids is 1. The third-order valence-electron chi connectivity index (χ3n) is 3.26. The summed E-state index contributed by atoms with van der Waals surface area (Å²) in [5, 5.41) is 10.4. The molecule has 0 N–H and O–H groups in total. The zero-order valence-electron chi connectivity index (χ0n) is 13.3. The highest BCUT2D eigenvalue weighted by Gasteiger charge is 2.02. The standard InChI is InChI=1S/C18H26O4/c1-3-5-6-7-8-9-10-21-16-11-15(4-2)12-17(13-16)22-14-18(19)20/h4,11-13H,2-3,5-10,14H2,1H3,(H,19,20)/p-1. The summed E-state index contributed by atoms with van der Waals surface area (Å²) >= 11 is 0. The van der Waals surface area contributed by atoms with Crippen LogP contribution in [-0.4, -0.2) is 19.2 Å². The number of hydrogen-bond donors (Lipinski definition) is 0. The Morgan fingerprint density at radius 3 is 2.36 bits per heavy atom. The van der Waals surface area contributed by atoms with E-state index in [1.807, 2.05) is 6.07 Å². The van der Waals surface area contributed by atoms with Gasteiger partial charge in [0.05, 0.1) is 12.6 Å². The van der Waals surface area contributed by atoms with E-state index < -0.39 is 12.6 Å². The van der Waals surface area contributed by atoms with Gasteiger partial charge in [0.2, 0.25) is 0 Å². The Morgan fingerprint density at radius 2 is 1.73 bits per heavy atom. The van der Waals surface area contributed by atoms with Crippen molar-refractivity contribution < 1.29 is 19.4 Å². The van der Waals surface area contributed by atoms with E-state index in [0.29, 0.717) is 18.1 Å². The number of benzene rings is 1. The van der Waals surface area contributed by atoms with Crippen LogP contribution in [0.15, 0.2) is 24.8 Å². The van der Waals surface area contributed by atoms with Crippen LogP contribution in [-0.2, 0) is 4.79 Å². The Balaban J connectivity index is 2.42. The SMILES string of the molecule is C=Cc1cc(OCCCCCCCC)cc(OCC(=O)[O-])c1. The molecule has 0 radical (unpaired) electrons. The van der Waals surface area contributed by atoms with E-state index in [1.54, 1.807) is 18.2 Å². The fourth-order valence-electron chi connectivity index (χ4n) is 2.09. The van der Waals surface area contributed by atoms with Crippen molar-refractivity contribution in [2.24, 2.45) is 0 Å². The molecule has 0 aliphatic carbocycles. The molecule has 0 amide bonds. The molecule has 22 heavy (non-hydrogen) atoms. The fraction of sp³-hybridized carbons (Fsp3) is 0.500. The summed E-state index contributed by atoms with van der Waals surface area (Å²) in [6, 6.07) is 5.26. The minimum Gasteiger partial charge on any atom is -0.546 e. The van der Waals surface area contributed by atoms with Gasteiger partial charge in [0.15, 0.2) is 0 Å². The first-order valence-corrected chi connectivity index (χ1v) is 7.88. The van der Waals surface area contributed by atoms with Crippen molar-refractivity contribution in [3.8, 4) is 11.5 Å². The van der Waals surface area contributed by atoms with E-state index in [9.17, 15) is 9.90 Å². The molecule has 0 spiro atoms. The van der Waals surface area contributed by atoms with Crippen LogP contribution < -0.4 is 14.6 Å². The Kier molecular flexibility index (Phi) is 8.80. The largest absolute Gasteiger partial charge is 0.546 e. The quantitative estimate of drug-likeness (QED) is 0.556. The van der Waals surface area contributed by atoms with Gasteiger partial charge in [-0.15, -0.1) is 0 Å². The topological polar surface area (TPSA) is 58.6 Å². The molecular weight excluding hydrogens is 280 g/mol. The summed E-state index contributed by atoms with van der Waals surface area (Å²) in [6.45, 7) is 6.08. The maximum absolute atomic E-state index is 10.4. The molecule has 0 saturated heterocycles. The van der Waals surface area contributed by atoms with Crippen LogP contribution in [0.3, 0.4) is 0 Å². The number of carboxylic acid groups (broad SMARTS) is 1. The molecule has 0 heterocycles. The first-order valence-electron chi connectivity index (χ1n) is 7.88. The summed E-state index contributed by atoms with van der Waals surface area (Å²) in [4.78, 5) is 10.4. The summed E-state index contributed by atoms with van der Waals surface area (Å²) in [6.07, 6.45) is 8.91. The van der Waals surface area contributed by atoms with Crippen LogP contribution in [0.25, 0.3) is 6.08 Å². The van der Waals surface area contributed by atoms with Crippen molar-refractivity contribution in [2.75, 3.05) is 13.2 Å². The Hall–Kier alpha value is -1.97. The lowest BCUT2D eigenvalue weighted by atomic mass is 10.1. The van der Waals surface area contributed by atoms with Crippen LogP contribution in [0.1, 0.15) is 51.0 Å². The third kappa shape index (κ3) is 7.72. The van der Waals surface area contributed by atoms with Crippen molar-refractivity contribution in [3.63, 3.8) is 0 Å². The first-order chi connectivity index (χ1) is 10.7. The van der Waals surface area contributed by atoms with Crippen molar-refractivity contribution in [1.29, 1.82) is 0 Å². The Labute approximate surface area is 132 Å². The van der Waals surface area contributed by atoms with Crippen LogP contribution in [0.2, 0.25) is 0 Å². The van der Waals surface area contributed by atoms with Gasteiger partial charge in [0.1, 0.15) is 18.1 Å². The second-order valence-corrected chi connectivity index (χ2v) is 5.22. The Bertz CT molecular complexity index is 468. The molecule has 0 saturated carbocycles. The van der Waals surface area contributed by atoms with Gasteiger partial charge < -0.3 is 19.4 Å². The molecule has 0 atom stereocenters. The van der Waals surface area contributed by atoms with Crippen LogP contribution in [0, 0.1) is 0 Å². The number of hydrogen-bond acceptors (Lipinski definition) is 4. The van der Waals surface area contributed by atoms with Crippen LogP contribution in [0.5, 0.6) is 11.5 Å². The minimum atomic E-state index is -1.25. The second-order valence-electron chi connectivity index (χ2n) is 5.22. The fourth-order valence-corrected chi connectivity index (χ4v) is 2.09. The molecule has 1 aromatic rings. The lowest BCUT2D eigenvalue weighted by Gasteiger charge is -2.11. The van der Waals surface area contributed by atoms with Crippen LogP contribution >= 0.6 is 0 Å². The number of ether oxygens (including phenoxy) is 2. The normalized spacial score (nSPS) is 10.2. The first kappa shape index (κ1) is 18.1. The van der Waals surface area contributed by atoms with E-state index in [0.717, 1.165) is 18.4 Å². The van der Waals surface area contributed by atoms with Crippen molar-refractivity contribution in [2.45, 2.75) is 45.4 Å². The highest BCUT2D eigenvalue weighted by Crippen LogP contribution is 2.24. The smallest absolute Gasteiger partial charge is 0.128 e. The predicted octanol–water partition coefficient (Wildman–Crippen LogP) is 3.20. The summed E-state index contributed by atoms with van der Waals surface area (Å²) < 4.78 is 10.8.